The normalized spacial score (nSPS) is 11.1. The molecule has 2 rings (SSSR count). The molecule has 0 bridgehead atoms. The smallest absolute Gasteiger partial charge is 0.257 e. The summed E-state index contributed by atoms with van der Waals surface area (Å²) in [6, 6.07) is 14.9. The van der Waals surface area contributed by atoms with Crippen LogP contribution < -0.4 is 15.8 Å². The van der Waals surface area contributed by atoms with Crippen molar-refractivity contribution in [2.75, 3.05) is 32.7 Å². The molecule has 0 radical (unpaired) electrons. The zero-order valence-electron chi connectivity index (χ0n) is 15.3. The van der Waals surface area contributed by atoms with Crippen LogP contribution >= 0.6 is 0 Å². The standard InChI is InChI=1S/C18H22N4O4S/c1-21(2)27(25,26)16-11-7-8-14(12-16)18(24)19-13-17(23)20-22(3)15-9-5-4-6-10-15/h4-12H,13H2,1-3H3,(H,19,24)(H,20,23). The van der Waals surface area contributed by atoms with Gasteiger partial charge in [-0.15, -0.1) is 0 Å². The van der Waals surface area contributed by atoms with Gasteiger partial charge < -0.3 is 5.32 Å². The lowest BCUT2D eigenvalue weighted by atomic mass is 10.2. The van der Waals surface area contributed by atoms with Crippen molar-refractivity contribution in [1.29, 1.82) is 0 Å². The largest absolute Gasteiger partial charge is 0.343 e. The van der Waals surface area contributed by atoms with Crippen LogP contribution in [0.5, 0.6) is 0 Å². The summed E-state index contributed by atoms with van der Waals surface area (Å²) in [4.78, 5) is 24.3. The number of amides is 2. The summed E-state index contributed by atoms with van der Waals surface area (Å²) in [6.45, 7) is -0.249. The van der Waals surface area contributed by atoms with Crippen LogP contribution in [-0.2, 0) is 14.8 Å². The van der Waals surface area contributed by atoms with Gasteiger partial charge in [0, 0.05) is 26.7 Å². The van der Waals surface area contributed by atoms with Crippen molar-refractivity contribution in [3.8, 4) is 0 Å². The van der Waals surface area contributed by atoms with Gasteiger partial charge in [0.2, 0.25) is 10.0 Å². The van der Waals surface area contributed by atoms with E-state index in [9.17, 15) is 18.0 Å². The second kappa shape index (κ2) is 8.65. The fraction of sp³-hybridized carbons (Fsp3) is 0.222. The molecule has 0 spiro atoms. The predicted molar refractivity (Wildman–Crippen MR) is 103 cm³/mol. The molecule has 0 aliphatic rings. The van der Waals surface area contributed by atoms with Crippen LogP contribution in [0.25, 0.3) is 0 Å². The molecule has 27 heavy (non-hydrogen) atoms. The number of hydrazine groups is 1. The van der Waals surface area contributed by atoms with E-state index in [4.69, 9.17) is 0 Å². The Labute approximate surface area is 158 Å². The van der Waals surface area contributed by atoms with Gasteiger partial charge in [-0.1, -0.05) is 24.3 Å². The Hall–Kier alpha value is -2.91. The highest BCUT2D eigenvalue weighted by Gasteiger charge is 2.19. The van der Waals surface area contributed by atoms with Gasteiger partial charge in [-0.05, 0) is 30.3 Å². The number of carbonyl (C=O) groups excluding carboxylic acids is 2. The van der Waals surface area contributed by atoms with E-state index in [0.29, 0.717) is 0 Å². The number of para-hydroxylation sites is 1. The summed E-state index contributed by atoms with van der Waals surface area (Å²) in [6.07, 6.45) is 0. The molecule has 0 aromatic heterocycles. The van der Waals surface area contributed by atoms with Crippen molar-refractivity contribution in [3.05, 3.63) is 60.2 Å². The maximum absolute atomic E-state index is 12.2. The molecule has 9 heteroatoms. The molecule has 2 N–H and O–H groups in total. The lowest BCUT2D eigenvalue weighted by Crippen LogP contribution is -2.45. The number of nitrogens with one attached hydrogen (secondary N) is 2. The van der Waals surface area contributed by atoms with Crippen LogP contribution in [0, 0.1) is 0 Å². The molecule has 0 aliphatic carbocycles. The Morgan fingerprint density at radius 1 is 0.963 bits per heavy atom. The van der Waals surface area contributed by atoms with Crippen molar-refractivity contribution in [1.82, 2.24) is 15.0 Å². The third kappa shape index (κ3) is 5.28. The second-order valence-corrected chi connectivity index (χ2v) is 8.08. The minimum Gasteiger partial charge on any atom is -0.343 e. The summed E-state index contributed by atoms with van der Waals surface area (Å²) in [7, 11) is 0.867. The van der Waals surface area contributed by atoms with E-state index in [-0.39, 0.29) is 17.0 Å². The Balaban J connectivity index is 1.97. The summed E-state index contributed by atoms with van der Waals surface area (Å²) in [5, 5.41) is 4.02. The van der Waals surface area contributed by atoms with Crippen molar-refractivity contribution in [2.45, 2.75) is 4.90 Å². The lowest BCUT2D eigenvalue weighted by molar-refractivity contribution is -0.120. The first-order chi connectivity index (χ1) is 12.7. The molecule has 0 heterocycles. The lowest BCUT2D eigenvalue weighted by Gasteiger charge is -2.20. The van der Waals surface area contributed by atoms with Crippen molar-refractivity contribution in [3.63, 3.8) is 0 Å². The van der Waals surface area contributed by atoms with E-state index in [0.717, 1.165) is 9.99 Å². The molecular weight excluding hydrogens is 368 g/mol. The monoisotopic (exact) mass is 390 g/mol. The van der Waals surface area contributed by atoms with E-state index < -0.39 is 21.8 Å². The number of nitrogens with zero attached hydrogens (tertiary/aromatic N) is 2. The molecule has 0 saturated carbocycles. The third-order valence-electron chi connectivity index (χ3n) is 3.72. The number of carbonyl (C=O) groups is 2. The van der Waals surface area contributed by atoms with Crippen LogP contribution in [0.3, 0.4) is 0 Å². The first kappa shape index (κ1) is 20.4. The number of hydrogen-bond acceptors (Lipinski definition) is 5. The molecule has 8 nitrogen and oxygen atoms in total. The molecule has 0 aliphatic heterocycles. The maximum atomic E-state index is 12.2. The average molecular weight is 390 g/mol. The number of benzene rings is 2. The molecule has 0 unspecified atom stereocenters. The van der Waals surface area contributed by atoms with Crippen molar-refractivity contribution in [2.24, 2.45) is 0 Å². The van der Waals surface area contributed by atoms with E-state index >= 15 is 0 Å². The van der Waals surface area contributed by atoms with Crippen molar-refractivity contribution >= 4 is 27.5 Å². The van der Waals surface area contributed by atoms with Gasteiger partial charge in [-0.2, -0.15) is 0 Å². The first-order valence-electron chi connectivity index (χ1n) is 8.11. The minimum absolute atomic E-state index is 0.00779. The van der Waals surface area contributed by atoms with Crippen LogP contribution in [-0.4, -0.2) is 52.2 Å². The van der Waals surface area contributed by atoms with Gasteiger partial charge in [0.25, 0.3) is 11.8 Å². The second-order valence-electron chi connectivity index (χ2n) is 5.93. The Morgan fingerprint density at radius 3 is 2.26 bits per heavy atom. The van der Waals surface area contributed by atoms with Crippen LogP contribution in [0.2, 0.25) is 0 Å². The average Bonchev–Trinajstić information content (AvgIpc) is 2.66. The number of anilines is 1. The van der Waals surface area contributed by atoms with Crippen LogP contribution in [0.15, 0.2) is 59.5 Å². The Morgan fingerprint density at radius 2 is 1.63 bits per heavy atom. The molecular formula is C18H22N4O4S. The molecule has 0 atom stereocenters. The maximum Gasteiger partial charge on any atom is 0.257 e. The molecule has 2 aromatic carbocycles. The summed E-state index contributed by atoms with van der Waals surface area (Å²) in [5.41, 5.74) is 3.58. The van der Waals surface area contributed by atoms with E-state index in [1.807, 2.05) is 30.3 Å². The predicted octanol–water partition coefficient (Wildman–Crippen LogP) is 0.834. The molecule has 0 fully saturated rings. The van der Waals surface area contributed by atoms with Gasteiger partial charge in [-0.25, -0.2) is 12.7 Å². The number of hydrogen-bond donors (Lipinski definition) is 2. The summed E-state index contributed by atoms with van der Waals surface area (Å²) in [5.74, 6) is -0.949. The van der Waals surface area contributed by atoms with E-state index in [1.54, 1.807) is 12.1 Å². The van der Waals surface area contributed by atoms with Gasteiger partial charge in [0.05, 0.1) is 17.1 Å². The van der Waals surface area contributed by atoms with E-state index in [2.05, 4.69) is 10.7 Å². The highest BCUT2D eigenvalue weighted by molar-refractivity contribution is 7.89. The highest BCUT2D eigenvalue weighted by Crippen LogP contribution is 2.14. The fourth-order valence-corrected chi connectivity index (χ4v) is 3.16. The fourth-order valence-electron chi connectivity index (χ4n) is 2.21. The van der Waals surface area contributed by atoms with Gasteiger partial charge in [0.1, 0.15) is 0 Å². The van der Waals surface area contributed by atoms with Gasteiger partial charge >= 0.3 is 0 Å². The van der Waals surface area contributed by atoms with Gasteiger partial charge in [0.15, 0.2) is 0 Å². The number of sulfonamides is 1. The summed E-state index contributed by atoms with van der Waals surface area (Å²) < 4.78 is 25.4. The molecule has 2 amide bonds. The molecule has 2 aromatic rings. The highest BCUT2D eigenvalue weighted by atomic mass is 32.2. The Kier molecular flexibility index (Phi) is 6.54. The molecule has 144 valence electrons. The third-order valence-corrected chi connectivity index (χ3v) is 5.53. The quantitative estimate of drug-likeness (QED) is 0.683. The zero-order chi connectivity index (χ0) is 20.0. The molecule has 0 saturated heterocycles. The number of rotatable bonds is 7. The first-order valence-corrected chi connectivity index (χ1v) is 9.55. The van der Waals surface area contributed by atoms with E-state index in [1.165, 1.54) is 38.4 Å². The van der Waals surface area contributed by atoms with Crippen LogP contribution in [0.4, 0.5) is 5.69 Å². The zero-order valence-corrected chi connectivity index (χ0v) is 16.2. The van der Waals surface area contributed by atoms with Crippen molar-refractivity contribution < 1.29 is 18.0 Å². The van der Waals surface area contributed by atoms with Gasteiger partial charge in [-0.3, -0.25) is 20.0 Å². The Bertz CT molecular complexity index is 914. The topological polar surface area (TPSA) is 98.8 Å². The summed E-state index contributed by atoms with van der Waals surface area (Å²) >= 11 is 0. The minimum atomic E-state index is -3.64. The van der Waals surface area contributed by atoms with Crippen LogP contribution in [0.1, 0.15) is 10.4 Å². The SMILES string of the molecule is CN(NC(=O)CNC(=O)c1cccc(S(=O)(=O)N(C)C)c1)c1ccccc1.